The van der Waals surface area contributed by atoms with Gasteiger partial charge in [-0.2, -0.15) is 13.2 Å². The largest absolute Gasteiger partial charge is 0.573 e. The smallest absolute Gasteiger partial charge is 0.506 e. The van der Waals surface area contributed by atoms with E-state index in [0.29, 0.717) is 10.1 Å². The number of aromatic amines is 1. The van der Waals surface area contributed by atoms with Gasteiger partial charge >= 0.3 is 18.2 Å². The van der Waals surface area contributed by atoms with Gasteiger partial charge in [0.25, 0.3) is 5.56 Å². The van der Waals surface area contributed by atoms with Crippen LogP contribution >= 0.6 is 11.6 Å². The minimum Gasteiger partial charge on any atom is -0.506 e. The fourth-order valence-corrected chi connectivity index (χ4v) is 3.46. The maximum atomic E-state index is 13.1. The van der Waals surface area contributed by atoms with Gasteiger partial charge in [-0.3, -0.25) is 14.3 Å². The van der Waals surface area contributed by atoms with E-state index in [9.17, 15) is 46.1 Å². The minimum atomic E-state index is -5.14. The van der Waals surface area contributed by atoms with Gasteiger partial charge in [-0.1, -0.05) is 17.7 Å². The lowest BCUT2D eigenvalue weighted by Gasteiger charge is -2.18. The third-order valence-electron chi connectivity index (χ3n) is 5.40. The number of hydrogen-bond acceptors (Lipinski definition) is 7. The van der Waals surface area contributed by atoms with Gasteiger partial charge in [0.2, 0.25) is 0 Å². The first-order valence-corrected chi connectivity index (χ1v) is 11.5. The number of aliphatic hydroxyl groups excluding tert-OH is 1. The van der Waals surface area contributed by atoms with Crippen LogP contribution in [0.5, 0.6) is 17.2 Å². The molecule has 9 nitrogen and oxygen atoms in total. The van der Waals surface area contributed by atoms with E-state index >= 15 is 0 Å². The first-order valence-electron chi connectivity index (χ1n) is 11.1. The monoisotopic (exact) mass is 595 g/mol. The van der Waals surface area contributed by atoms with Crippen LogP contribution < -0.4 is 20.7 Å². The van der Waals surface area contributed by atoms with E-state index in [2.05, 4.69) is 9.73 Å². The summed E-state index contributed by atoms with van der Waals surface area (Å²) in [5.41, 5.74) is -2.33. The first kappa shape index (κ1) is 30.6. The molecule has 0 amide bonds. The second-order valence-electron chi connectivity index (χ2n) is 8.36. The van der Waals surface area contributed by atoms with Crippen LogP contribution in [0.15, 0.2) is 51.0 Å². The van der Waals surface area contributed by atoms with Crippen LogP contribution in [0.4, 0.5) is 32.2 Å². The number of phenolic OH excluding ortho intramolecular Hbond substituents is 1. The molecule has 0 aliphatic rings. The highest BCUT2D eigenvalue weighted by atomic mass is 35.5. The summed E-state index contributed by atoms with van der Waals surface area (Å²) in [5, 5.41) is 19.2. The molecule has 16 heteroatoms. The van der Waals surface area contributed by atoms with Crippen molar-refractivity contribution < 1.29 is 46.0 Å². The predicted octanol–water partition coefficient (Wildman–Crippen LogP) is 4.75. The van der Waals surface area contributed by atoms with Crippen LogP contribution in [-0.2, 0) is 13.2 Å². The average Bonchev–Trinajstić information content (AvgIpc) is 2.84. The molecule has 0 saturated heterocycles. The lowest BCUT2D eigenvalue weighted by Crippen LogP contribution is -2.39. The number of aliphatic hydroxyl groups is 1. The molecule has 1 heterocycles. The van der Waals surface area contributed by atoms with Gasteiger partial charge in [0.1, 0.15) is 18.2 Å². The van der Waals surface area contributed by atoms with Crippen LogP contribution in [0.1, 0.15) is 23.6 Å². The van der Waals surface area contributed by atoms with Crippen LogP contribution in [0.25, 0.3) is 0 Å². The molecule has 40 heavy (non-hydrogen) atoms. The van der Waals surface area contributed by atoms with Gasteiger partial charge < -0.3 is 19.7 Å². The number of benzene rings is 2. The topological polar surface area (TPSA) is 126 Å². The summed E-state index contributed by atoms with van der Waals surface area (Å²) >= 11 is 5.73. The Morgan fingerprint density at radius 1 is 1.10 bits per heavy atom. The number of ether oxygens (including phenoxy) is 2. The summed E-state index contributed by atoms with van der Waals surface area (Å²) in [4.78, 5) is 30.2. The fraction of sp³-hybridized carbons (Fsp3) is 0.292. The van der Waals surface area contributed by atoms with Crippen LogP contribution in [0.2, 0.25) is 5.02 Å². The summed E-state index contributed by atoms with van der Waals surface area (Å²) < 4.78 is 88.0. The van der Waals surface area contributed by atoms with Crippen molar-refractivity contribution in [3.8, 4) is 17.2 Å². The zero-order valence-electron chi connectivity index (χ0n) is 20.5. The Hall–Kier alpha value is -3.98. The third-order valence-corrected chi connectivity index (χ3v) is 5.72. The molecule has 0 fully saturated rings. The number of nitrogens with zero attached hydrogens (tertiary/aromatic N) is 2. The standard InChI is InChI=1S/C24H20ClF6N3O6/c1-11-20(34(22(38)33-21(11)37)9-19(36)23(26,27)28)32-12(2)14-4-6-17(18(8-14)40-24(29,30)31)39-10-13-3-5-15(25)16(35)7-13/h3-8,19,35-36H,9-10H2,1-2H3,(H,33,37,38)/b32-12+. The molecule has 0 radical (unpaired) electrons. The molecular formula is C24H20ClF6N3O6. The van der Waals surface area contributed by atoms with Crippen molar-refractivity contribution in [2.75, 3.05) is 0 Å². The normalized spacial score (nSPS) is 13.3. The maximum absolute atomic E-state index is 13.1. The number of rotatable bonds is 8. The van der Waals surface area contributed by atoms with Crippen LogP contribution in [0.3, 0.4) is 0 Å². The molecule has 1 aromatic heterocycles. The van der Waals surface area contributed by atoms with Crippen molar-refractivity contribution in [2.24, 2.45) is 4.99 Å². The molecule has 0 bridgehead atoms. The lowest BCUT2D eigenvalue weighted by molar-refractivity contribution is -0.275. The van der Waals surface area contributed by atoms with Gasteiger partial charge in [-0.25, -0.2) is 9.79 Å². The first-order chi connectivity index (χ1) is 18.5. The summed E-state index contributed by atoms with van der Waals surface area (Å²) in [6, 6.07) is 7.32. The SMILES string of the molecule is C/C(=N\c1c(C)c(=O)[nH]c(=O)n1CC(O)C(F)(F)F)c1ccc(OCc2ccc(Cl)c(O)c2)c(OC(F)(F)F)c1. The highest BCUT2D eigenvalue weighted by molar-refractivity contribution is 6.32. The zero-order chi connectivity index (χ0) is 30.0. The molecule has 3 rings (SSSR count). The molecule has 1 atom stereocenters. The zero-order valence-corrected chi connectivity index (χ0v) is 21.3. The lowest BCUT2D eigenvalue weighted by atomic mass is 10.1. The van der Waals surface area contributed by atoms with Crippen molar-refractivity contribution >= 4 is 23.1 Å². The average molecular weight is 596 g/mol. The predicted molar refractivity (Wildman–Crippen MR) is 131 cm³/mol. The molecule has 3 N–H and O–H groups in total. The summed E-state index contributed by atoms with van der Waals surface area (Å²) in [5.74, 6) is -1.98. The minimum absolute atomic E-state index is 0.0363. The van der Waals surface area contributed by atoms with Gasteiger partial charge in [0.15, 0.2) is 17.6 Å². The number of aromatic nitrogens is 2. The van der Waals surface area contributed by atoms with E-state index in [0.717, 1.165) is 19.1 Å². The molecule has 3 aromatic rings. The van der Waals surface area contributed by atoms with Gasteiger partial charge in [-0.15, -0.1) is 13.2 Å². The number of alkyl halides is 6. The number of aromatic hydroxyl groups is 1. The number of nitrogens with one attached hydrogen (secondary N) is 1. The Bertz CT molecular complexity index is 1550. The van der Waals surface area contributed by atoms with Crippen molar-refractivity contribution in [2.45, 2.75) is 45.6 Å². The van der Waals surface area contributed by atoms with E-state index in [4.69, 9.17) is 16.3 Å². The van der Waals surface area contributed by atoms with E-state index in [1.54, 1.807) is 0 Å². The number of H-pyrrole nitrogens is 1. The summed E-state index contributed by atoms with van der Waals surface area (Å²) in [6.07, 6.45) is -13.2. The Balaban J connectivity index is 2.03. The highest BCUT2D eigenvalue weighted by Gasteiger charge is 2.39. The van der Waals surface area contributed by atoms with Crippen molar-refractivity contribution in [1.82, 2.24) is 9.55 Å². The molecule has 0 saturated carbocycles. The fourth-order valence-electron chi connectivity index (χ4n) is 3.34. The van der Waals surface area contributed by atoms with Crippen molar-refractivity contribution in [3.05, 3.63) is 78.9 Å². The van der Waals surface area contributed by atoms with Crippen molar-refractivity contribution in [3.63, 3.8) is 0 Å². The van der Waals surface area contributed by atoms with Gasteiger partial charge in [-0.05, 0) is 55.3 Å². The Morgan fingerprint density at radius 2 is 1.77 bits per heavy atom. The number of hydrogen-bond donors (Lipinski definition) is 3. The van der Waals surface area contributed by atoms with Crippen LogP contribution in [-0.4, -0.2) is 44.1 Å². The Kier molecular flexibility index (Phi) is 8.89. The van der Waals surface area contributed by atoms with Crippen LogP contribution in [0, 0.1) is 6.92 Å². The highest BCUT2D eigenvalue weighted by Crippen LogP contribution is 2.35. The number of aliphatic imine (C=N–C) groups is 1. The second kappa shape index (κ2) is 11.6. The molecule has 216 valence electrons. The quantitative estimate of drug-likeness (QED) is 0.255. The van der Waals surface area contributed by atoms with Gasteiger partial charge in [0, 0.05) is 5.71 Å². The van der Waals surface area contributed by atoms with Crippen molar-refractivity contribution in [1.29, 1.82) is 0 Å². The Morgan fingerprint density at radius 3 is 2.38 bits per heavy atom. The van der Waals surface area contributed by atoms with Gasteiger partial charge in [0.05, 0.1) is 17.1 Å². The second-order valence-corrected chi connectivity index (χ2v) is 8.76. The molecule has 1 unspecified atom stereocenters. The molecule has 0 aliphatic heterocycles. The van der Waals surface area contributed by atoms with E-state index in [1.165, 1.54) is 31.2 Å². The summed E-state index contributed by atoms with van der Waals surface area (Å²) in [7, 11) is 0. The Labute approximate surface area is 225 Å². The molecule has 0 aliphatic carbocycles. The third kappa shape index (κ3) is 7.57. The summed E-state index contributed by atoms with van der Waals surface area (Å²) in [6.45, 7) is 0.830. The van der Waals surface area contributed by atoms with E-state index < -0.39 is 48.0 Å². The van der Waals surface area contributed by atoms with E-state index in [-0.39, 0.29) is 40.0 Å². The maximum Gasteiger partial charge on any atom is 0.573 e. The molecule has 2 aromatic carbocycles. The molecule has 0 spiro atoms. The number of phenols is 1. The van der Waals surface area contributed by atoms with E-state index in [1.807, 2.05) is 4.98 Å². The number of halogens is 7. The molecular weight excluding hydrogens is 576 g/mol.